The Kier molecular flexibility index (Phi) is 11.4. The summed E-state index contributed by atoms with van der Waals surface area (Å²) < 4.78 is 0. The summed E-state index contributed by atoms with van der Waals surface area (Å²) in [4.78, 5) is 39.1. The van der Waals surface area contributed by atoms with Crippen LogP contribution in [0, 0.1) is 11.3 Å². The molecule has 0 bridgehead atoms. The number of rotatable bonds is 13. The summed E-state index contributed by atoms with van der Waals surface area (Å²) in [6.45, 7) is 8.46. The summed E-state index contributed by atoms with van der Waals surface area (Å²) in [7, 11) is 3.84. The van der Waals surface area contributed by atoms with Crippen LogP contribution in [0.2, 0.25) is 0 Å². The van der Waals surface area contributed by atoms with Crippen molar-refractivity contribution in [3.8, 4) is 0 Å². The Bertz CT molecular complexity index is 718. The maximum absolute atomic E-state index is 13.2. The van der Waals surface area contributed by atoms with Crippen molar-refractivity contribution in [2.45, 2.75) is 59.0 Å². The maximum atomic E-state index is 13.2. The van der Waals surface area contributed by atoms with E-state index in [1.165, 1.54) is 0 Å². The number of hydroxylamine groups is 2. The minimum absolute atomic E-state index is 0.250. The van der Waals surface area contributed by atoms with Crippen molar-refractivity contribution in [3.63, 3.8) is 0 Å². The Morgan fingerprint density at radius 2 is 1.75 bits per heavy atom. The van der Waals surface area contributed by atoms with Gasteiger partial charge >= 0.3 is 0 Å². The third kappa shape index (κ3) is 9.36. The molecule has 0 aromatic heterocycles. The topological polar surface area (TPSA) is 102 Å². The molecule has 3 atom stereocenters. The second-order valence-electron chi connectivity index (χ2n) is 9.61. The fourth-order valence-corrected chi connectivity index (χ4v) is 3.47. The number of likely N-dealkylation sites (N-methyl/N-ethyl adjacent to an activating group) is 1. The average Bonchev–Trinajstić information content (AvgIpc) is 2.73. The first-order chi connectivity index (χ1) is 15.0. The van der Waals surface area contributed by atoms with Gasteiger partial charge in [0.1, 0.15) is 6.04 Å². The minimum atomic E-state index is -0.746. The Labute approximate surface area is 192 Å². The first kappa shape index (κ1) is 27.6. The zero-order valence-electron chi connectivity index (χ0n) is 20.3. The lowest BCUT2D eigenvalue weighted by molar-refractivity contribution is -0.166. The predicted molar refractivity (Wildman–Crippen MR) is 125 cm³/mol. The quantitative estimate of drug-likeness (QED) is 0.244. The SMILES string of the molecule is C[C@@H]([C@@H](CCCc1ccccc1)C(=O)N[C@H](C(=O)NCCN(C)C)C(C)(C)C)N(O)C=O. The van der Waals surface area contributed by atoms with Gasteiger partial charge in [0.25, 0.3) is 0 Å². The van der Waals surface area contributed by atoms with Crippen LogP contribution < -0.4 is 10.6 Å². The van der Waals surface area contributed by atoms with Crippen LogP contribution in [0.4, 0.5) is 0 Å². The highest BCUT2D eigenvalue weighted by atomic mass is 16.5. The molecule has 0 saturated carbocycles. The molecule has 32 heavy (non-hydrogen) atoms. The maximum Gasteiger partial charge on any atom is 0.243 e. The number of amides is 3. The lowest BCUT2D eigenvalue weighted by atomic mass is 9.84. The van der Waals surface area contributed by atoms with Crippen molar-refractivity contribution in [2.75, 3.05) is 27.2 Å². The summed E-state index contributed by atoms with van der Waals surface area (Å²) in [5.41, 5.74) is 0.641. The molecule has 3 N–H and O–H groups in total. The number of nitrogens with one attached hydrogen (secondary N) is 2. The van der Waals surface area contributed by atoms with Gasteiger partial charge in [0.15, 0.2) is 0 Å². The molecule has 1 rings (SSSR count). The summed E-state index contributed by atoms with van der Waals surface area (Å²) in [6, 6.07) is 8.46. The molecular weight excluding hydrogens is 408 g/mol. The Hall–Kier alpha value is -2.45. The van der Waals surface area contributed by atoms with Crippen LogP contribution in [0.5, 0.6) is 0 Å². The lowest BCUT2D eigenvalue weighted by Crippen LogP contribution is -2.56. The molecule has 0 saturated heterocycles. The van der Waals surface area contributed by atoms with E-state index in [0.29, 0.717) is 37.4 Å². The molecule has 0 radical (unpaired) electrons. The molecule has 1 aromatic rings. The smallest absolute Gasteiger partial charge is 0.243 e. The number of hydrogen-bond acceptors (Lipinski definition) is 5. The van der Waals surface area contributed by atoms with Gasteiger partial charge < -0.3 is 15.5 Å². The van der Waals surface area contributed by atoms with Gasteiger partial charge in [0.05, 0.1) is 12.0 Å². The van der Waals surface area contributed by atoms with Gasteiger partial charge in [-0.3, -0.25) is 19.6 Å². The highest BCUT2D eigenvalue weighted by molar-refractivity contribution is 5.89. The standard InChI is InChI=1S/C24H40N4O4/c1-18(28(32)17-29)20(14-10-13-19-11-8-7-9-12-19)22(30)26-21(24(2,3)4)23(31)25-15-16-27(5)6/h7-9,11-12,17-18,20-21,32H,10,13-16H2,1-6H3,(H,25,31)(H,26,30)/t18-,20+,21+/m0/s1. The molecule has 180 valence electrons. The van der Waals surface area contributed by atoms with Crippen LogP contribution in [0.1, 0.15) is 46.1 Å². The van der Waals surface area contributed by atoms with Gasteiger partial charge in [-0.05, 0) is 51.3 Å². The van der Waals surface area contributed by atoms with Gasteiger partial charge in [0.2, 0.25) is 18.2 Å². The van der Waals surface area contributed by atoms with E-state index in [0.717, 1.165) is 12.0 Å². The van der Waals surface area contributed by atoms with Crippen LogP contribution in [0.25, 0.3) is 0 Å². The van der Waals surface area contributed by atoms with Crippen LogP contribution in [-0.2, 0) is 20.8 Å². The molecule has 8 nitrogen and oxygen atoms in total. The Morgan fingerprint density at radius 3 is 2.28 bits per heavy atom. The molecule has 1 aromatic carbocycles. The zero-order chi connectivity index (χ0) is 24.3. The third-order valence-electron chi connectivity index (χ3n) is 5.54. The van der Waals surface area contributed by atoms with Crippen LogP contribution in [0.3, 0.4) is 0 Å². The zero-order valence-corrected chi connectivity index (χ0v) is 20.3. The van der Waals surface area contributed by atoms with Crippen LogP contribution >= 0.6 is 0 Å². The average molecular weight is 449 g/mol. The third-order valence-corrected chi connectivity index (χ3v) is 5.54. The number of carbonyl (C=O) groups excluding carboxylic acids is 3. The van der Waals surface area contributed by atoms with E-state index in [9.17, 15) is 19.6 Å². The molecule has 0 aliphatic rings. The highest BCUT2D eigenvalue weighted by Crippen LogP contribution is 2.23. The van der Waals surface area contributed by atoms with E-state index in [1.807, 2.05) is 70.1 Å². The molecule has 0 spiro atoms. The van der Waals surface area contributed by atoms with Crippen molar-refractivity contribution in [2.24, 2.45) is 11.3 Å². The molecule has 0 unspecified atom stereocenters. The fraction of sp³-hybridized carbons (Fsp3) is 0.625. The number of aryl methyl sites for hydroxylation is 1. The molecule has 0 aliphatic heterocycles. The number of nitrogens with zero attached hydrogens (tertiary/aromatic N) is 2. The number of hydrogen-bond donors (Lipinski definition) is 3. The number of carbonyl (C=O) groups is 3. The first-order valence-electron chi connectivity index (χ1n) is 11.2. The molecule has 0 heterocycles. The van der Waals surface area contributed by atoms with E-state index in [2.05, 4.69) is 10.6 Å². The van der Waals surface area contributed by atoms with E-state index < -0.39 is 23.4 Å². The molecule has 3 amide bonds. The van der Waals surface area contributed by atoms with Gasteiger partial charge in [0, 0.05) is 13.1 Å². The monoisotopic (exact) mass is 448 g/mol. The van der Waals surface area contributed by atoms with Gasteiger partial charge in [-0.1, -0.05) is 51.1 Å². The van der Waals surface area contributed by atoms with Gasteiger partial charge in [-0.15, -0.1) is 0 Å². The van der Waals surface area contributed by atoms with E-state index in [1.54, 1.807) is 6.92 Å². The minimum Gasteiger partial charge on any atom is -0.353 e. The lowest BCUT2D eigenvalue weighted by Gasteiger charge is -2.33. The summed E-state index contributed by atoms with van der Waals surface area (Å²) in [5, 5.41) is 16.2. The second-order valence-corrected chi connectivity index (χ2v) is 9.61. The normalized spacial score (nSPS) is 14.4. The van der Waals surface area contributed by atoms with E-state index in [-0.39, 0.29) is 11.8 Å². The number of benzene rings is 1. The summed E-state index contributed by atoms with van der Waals surface area (Å²) >= 11 is 0. The van der Waals surface area contributed by atoms with Crippen molar-refractivity contribution in [1.82, 2.24) is 20.6 Å². The highest BCUT2D eigenvalue weighted by Gasteiger charge is 2.36. The summed E-state index contributed by atoms with van der Waals surface area (Å²) in [5.74, 6) is -1.26. The second kappa shape index (κ2) is 13.2. The Morgan fingerprint density at radius 1 is 1.12 bits per heavy atom. The van der Waals surface area contributed by atoms with Crippen LogP contribution in [0.15, 0.2) is 30.3 Å². The fourth-order valence-electron chi connectivity index (χ4n) is 3.47. The first-order valence-corrected chi connectivity index (χ1v) is 11.2. The molecule has 0 aliphatic carbocycles. The predicted octanol–water partition coefficient (Wildman–Crippen LogP) is 2.07. The van der Waals surface area contributed by atoms with Crippen molar-refractivity contribution >= 4 is 18.2 Å². The molecule has 0 fully saturated rings. The Balaban J connectivity index is 2.91. The largest absolute Gasteiger partial charge is 0.353 e. The molecular formula is C24H40N4O4. The van der Waals surface area contributed by atoms with Crippen molar-refractivity contribution < 1.29 is 19.6 Å². The van der Waals surface area contributed by atoms with E-state index in [4.69, 9.17) is 0 Å². The molecule has 8 heteroatoms. The van der Waals surface area contributed by atoms with Gasteiger partial charge in [-0.25, -0.2) is 5.06 Å². The van der Waals surface area contributed by atoms with Gasteiger partial charge in [-0.2, -0.15) is 0 Å². The van der Waals surface area contributed by atoms with Crippen molar-refractivity contribution in [1.29, 1.82) is 0 Å². The summed E-state index contributed by atoms with van der Waals surface area (Å²) in [6.07, 6.45) is 2.25. The van der Waals surface area contributed by atoms with Crippen molar-refractivity contribution in [3.05, 3.63) is 35.9 Å². The van der Waals surface area contributed by atoms with E-state index >= 15 is 0 Å². The van der Waals surface area contributed by atoms with Crippen LogP contribution in [-0.4, -0.2) is 72.7 Å².